The third-order valence-electron chi connectivity index (χ3n) is 6.74. The molecule has 1 aliphatic rings. The van der Waals surface area contributed by atoms with Crippen LogP contribution in [0.2, 0.25) is 0 Å². The maximum atomic E-state index is 12.3. The van der Waals surface area contributed by atoms with Crippen molar-refractivity contribution in [1.82, 2.24) is 0 Å². The van der Waals surface area contributed by atoms with Gasteiger partial charge in [0.1, 0.15) is 0 Å². The molecule has 0 unspecified atom stereocenters. The van der Waals surface area contributed by atoms with Crippen LogP contribution in [0.5, 0.6) is 0 Å². The van der Waals surface area contributed by atoms with Gasteiger partial charge < -0.3 is 9.47 Å². The van der Waals surface area contributed by atoms with E-state index in [2.05, 4.69) is 6.92 Å². The van der Waals surface area contributed by atoms with Crippen LogP contribution in [-0.2, 0) is 9.47 Å². The molecule has 0 spiro atoms. The largest absolute Gasteiger partial charge is 0.462 e. The van der Waals surface area contributed by atoms with Crippen LogP contribution >= 0.6 is 0 Å². The van der Waals surface area contributed by atoms with E-state index in [4.69, 9.17) is 9.47 Å². The zero-order valence-electron chi connectivity index (χ0n) is 21.0. The van der Waals surface area contributed by atoms with Gasteiger partial charge in [-0.05, 0) is 43.4 Å². The standard InChI is InChI=1S/C29H46O4/c1-2-3-4-5-6-7-8-9-10-11-12-13-16-22-32-28(30)26-20-17-21-27(23-26)29(31)33-24-25-18-14-15-19-25/h17,20-21,23,25H,2-16,18-19,22,24H2,1H3. The Morgan fingerprint density at radius 1 is 0.727 bits per heavy atom. The molecule has 0 radical (unpaired) electrons. The van der Waals surface area contributed by atoms with E-state index in [0.29, 0.717) is 30.3 Å². The predicted octanol–water partition coefficient (Wildman–Crippen LogP) is 8.28. The smallest absolute Gasteiger partial charge is 0.338 e. The molecule has 0 bridgehead atoms. The zero-order valence-corrected chi connectivity index (χ0v) is 21.0. The first-order valence-electron chi connectivity index (χ1n) is 13.6. The third-order valence-corrected chi connectivity index (χ3v) is 6.74. The molecule has 0 aromatic heterocycles. The van der Waals surface area contributed by atoms with Gasteiger partial charge in [0.05, 0.1) is 24.3 Å². The van der Waals surface area contributed by atoms with Crippen molar-refractivity contribution in [2.45, 2.75) is 116 Å². The lowest BCUT2D eigenvalue weighted by Gasteiger charge is -2.10. The third kappa shape index (κ3) is 12.3. The fourth-order valence-corrected chi connectivity index (χ4v) is 4.60. The van der Waals surface area contributed by atoms with Gasteiger partial charge in [0.2, 0.25) is 0 Å². The van der Waals surface area contributed by atoms with Gasteiger partial charge in [0.15, 0.2) is 0 Å². The second-order valence-corrected chi connectivity index (χ2v) is 9.71. The van der Waals surface area contributed by atoms with E-state index in [0.717, 1.165) is 25.7 Å². The van der Waals surface area contributed by atoms with E-state index in [1.165, 1.54) is 83.5 Å². The van der Waals surface area contributed by atoms with Crippen LogP contribution in [-0.4, -0.2) is 25.2 Å². The summed E-state index contributed by atoms with van der Waals surface area (Å²) in [5, 5.41) is 0. The molecule has 0 atom stereocenters. The lowest BCUT2D eigenvalue weighted by molar-refractivity contribution is 0.0442. The summed E-state index contributed by atoms with van der Waals surface area (Å²) in [6.07, 6.45) is 21.5. The Hall–Kier alpha value is -1.84. The number of esters is 2. The highest BCUT2D eigenvalue weighted by Crippen LogP contribution is 2.25. The summed E-state index contributed by atoms with van der Waals surface area (Å²) < 4.78 is 10.9. The van der Waals surface area contributed by atoms with Crippen molar-refractivity contribution in [3.8, 4) is 0 Å². The second kappa shape index (κ2) is 17.6. The molecule has 1 aromatic carbocycles. The van der Waals surface area contributed by atoms with Crippen LogP contribution in [0, 0.1) is 5.92 Å². The quantitative estimate of drug-likeness (QED) is 0.164. The summed E-state index contributed by atoms with van der Waals surface area (Å²) in [4.78, 5) is 24.6. The molecule has 0 aliphatic heterocycles. The highest BCUT2D eigenvalue weighted by molar-refractivity contribution is 5.95. The van der Waals surface area contributed by atoms with Gasteiger partial charge in [0, 0.05) is 0 Å². The summed E-state index contributed by atoms with van der Waals surface area (Å²) in [7, 11) is 0. The van der Waals surface area contributed by atoms with Crippen LogP contribution in [0.4, 0.5) is 0 Å². The minimum atomic E-state index is -0.362. The average Bonchev–Trinajstić information content (AvgIpc) is 3.36. The summed E-state index contributed by atoms with van der Waals surface area (Å²) in [6.45, 7) is 3.18. The van der Waals surface area contributed by atoms with Gasteiger partial charge in [-0.15, -0.1) is 0 Å². The van der Waals surface area contributed by atoms with Gasteiger partial charge >= 0.3 is 11.9 Å². The van der Waals surface area contributed by atoms with Gasteiger partial charge in [-0.25, -0.2) is 9.59 Å². The molecule has 4 heteroatoms. The molecule has 4 nitrogen and oxygen atoms in total. The number of hydrogen-bond acceptors (Lipinski definition) is 4. The Bertz CT molecular complexity index is 663. The summed E-state index contributed by atoms with van der Waals surface area (Å²) in [5.41, 5.74) is 0.836. The van der Waals surface area contributed by atoms with Gasteiger partial charge in [0.25, 0.3) is 0 Å². The van der Waals surface area contributed by atoms with Crippen LogP contribution in [0.3, 0.4) is 0 Å². The minimum Gasteiger partial charge on any atom is -0.462 e. The molecule has 0 heterocycles. The molecule has 2 rings (SSSR count). The Morgan fingerprint density at radius 3 is 1.76 bits per heavy atom. The lowest BCUT2D eigenvalue weighted by Crippen LogP contribution is -2.13. The lowest BCUT2D eigenvalue weighted by atomic mass is 10.0. The molecule has 0 amide bonds. The number of carbonyl (C=O) groups excluding carboxylic acids is 2. The van der Waals surface area contributed by atoms with E-state index >= 15 is 0 Å². The molecule has 1 saturated carbocycles. The summed E-state index contributed by atoms with van der Waals surface area (Å²) in [5.74, 6) is -0.227. The first-order valence-corrected chi connectivity index (χ1v) is 13.6. The molecule has 0 saturated heterocycles. The van der Waals surface area contributed by atoms with Gasteiger partial charge in [-0.2, -0.15) is 0 Å². The van der Waals surface area contributed by atoms with Crippen molar-refractivity contribution in [3.63, 3.8) is 0 Å². The summed E-state index contributed by atoms with van der Waals surface area (Å²) >= 11 is 0. The van der Waals surface area contributed by atoms with Crippen molar-refractivity contribution in [2.75, 3.05) is 13.2 Å². The number of benzene rings is 1. The molecule has 186 valence electrons. The molecular formula is C29H46O4. The topological polar surface area (TPSA) is 52.6 Å². The second-order valence-electron chi connectivity index (χ2n) is 9.71. The number of ether oxygens (including phenoxy) is 2. The highest BCUT2D eigenvalue weighted by atomic mass is 16.5. The van der Waals surface area contributed by atoms with Gasteiger partial charge in [-0.1, -0.05) is 103 Å². The fraction of sp³-hybridized carbons (Fsp3) is 0.724. The maximum absolute atomic E-state index is 12.3. The Balaban J connectivity index is 1.49. The number of unbranched alkanes of at least 4 members (excludes halogenated alkanes) is 12. The van der Waals surface area contributed by atoms with E-state index in [1.807, 2.05) is 0 Å². The van der Waals surface area contributed by atoms with Crippen LogP contribution in [0.25, 0.3) is 0 Å². The van der Waals surface area contributed by atoms with E-state index < -0.39 is 0 Å². The Morgan fingerprint density at radius 2 is 1.21 bits per heavy atom. The first kappa shape index (κ1) is 27.4. The monoisotopic (exact) mass is 458 g/mol. The van der Waals surface area contributed by atoms with Crippen LogP contribution in [0.1, 0.15) is 137 Å². The fourth-order valence-electron chi connectivity index (χ4n) is 4.60. The van der Waals surface area contributed by atoms with Crippen molar-refractivity contribution < 1.29 is 19.1 Å². The van der Waals surface area contributed by atoms with Crippen molar-refractivity contribution in [3.05, 3.63) is 35.4 Å². The van der Waals surface area contributed by atoms with E-state index in [1.54, 1.807) is 24.3 Å². The molecule has 1 aromatic rings. The van der Waals surface area contributed by atoms with Crippen molar-refractivity contribution in [2.24, 2.45) is 5.92 Å². The van der Waals surface area contributed by atoms with E-state index in [9.17, 15) is 9.59 Å². The minimum absolute atomic E-state index is 0.354. The maximum Gasteiger partial charge on any atom is 0.338 e. The predicted molar refractivity (Wildman–Crippen MR) is 135 cm³/mol. The van der Waals surface area contributed by atoms with Crippen LogP contribution < -0.4 is 0 Å². The van der Waals surface area contributed by atoms with Crippen molar-refractivity contribution in [1.29, 1.82) is 0 Å². The molecule has 33 heavy (non-hydrogen) atoms. The molecule has 0 N–H and O–H groups in total. The SMILES string of the molecule is CCCCCCCCCCCCCCCOC(=O)c1cccc(C(=O)OCC2CCCC2)c1. The first-order chi connectivity index (χ1) is 16.2. The highest BCUT2D eigenvalue weighted by Gasteiger charge is 2.18. The van der Waals surface area contributed by atoms with E-state index in [-0.39, 0.29) is 11.9 Å². The Labute approximate surface area is 201 Å². The van der Waals surface area contributed by atoms with Crippen molar-refractivity contribution >= 4 is 11.9 Å². The number of hydrogen-bond donors (Lipinski definition) is 0. The number of carbonyl (C=O) groups is 2. The average molecular weight is 459 g/mol. The molecular weight excluding hydrogens is 412 g/mol. The van der Waals surface area contributed by atoms with Gasteiger partial charge in [-0.3, -0.25) is 0 Å². The zero-order chi connectivity index (χ0) is 23.6. The molecule has 1 fully saturated rings. The normalized spacial score (nSPS) is 13.8. The molecule has 1 aliphatic carbocycles. The summed E-state index contributed by atoms with van der Waals surface area (Å²) in [6, 6.07) is 6.69. The van der Waals surface area contributed by atoms with Crippen LogP contribution in [0.15, 0.2) is 24.3 Å². The number of rotatable bonds is 18. The Kier molecular flexibility index (Phi) is 14.6.